The quantitative estimate of drug-likeness (QED) is 0.400. The van der Waals surface area contributed by atoms with Crippen molar-refractivity contribution in [1.29, 1.82) is 0 Å². The first-order chi connectivity index (χ1) is 6.62. The normalized spacial score (nSPS) is 11.6. The van der Waals surface area contributed by atoms with Crippen molar-refractivity contribution in [3.05, 3.63) is 36.5 Å². The lowest BCUT2D eigenvalue weighted by Gasteiger charge is -2.03. The van der Waals surface area contributed by atoms with Crippen molar-refractivity contribution in [3.8, 4) is 0 Å². The molecule has 14 heavy (non-hydrogen) atoms. The average Bonchev–Trinajstić information content (AvgIpc) is 2.23. The Morgan fingerprint density at radius 3 is 1.36 bits per heavy atom. The number of ketones is 2. The Bertz CT molecular complexity index is 273. The molecule has 76 valence electrons. The van der Waals surface area contributed by atoms with E-state index in [9.17, 15) is 9.59 Å². The summed E-state index contributed by atoms with van der Waals surface area (Å²) in [5.41, 5.74) is 0.335. The van der Waals surface area contributed by atoms with Gasteiger partial charge in [0.25, 0.3) is 0 Å². The summed E-state index contributed by atoms with van der Waals surface area (Å²) in [4.78, 5) is 22.5. The molecule has 4 heteroatoms. The van der Waals surface area contributed by atoms with Crippen LogP contribution in [0.15, 0.2) is 36.5 Å². The van der Waals surface area contributed by atoms with Gasteiger partial charge in [0.1, 0.15) is 0 Å². The maximum absolute atomic E-state index is 11.3. The molecule has 0 aliphatic heterocycles. The molecular weight excluding hydrogens is 223 g/mol. The number of alkyl halides is 2. The minimum absolute atomic E-state index is 0.167. The fourth-order valence-corrected chi connectivity index (χ4v) is 1.18. The van der Waals surface area contributed by atoms with Crippen LogP contribution >= 0.6 is 23.2 Å². The van der Waals surface area contributed by atoms with E-state index < -0.39 is 0 Å². The van der Waals surface area contributed by atoms with E-state index >= 15 is 0 Å². The molecule has 0 fully saturated rings. The maximum atomic E-state index is 11.3. The highest BCUT2D eigenvalue weighted by molar-refractivity contribution is 6.34. The molecule has 0 heterocycles. The van der Waals surface area contributed by atoms with Gasteiger partial charge < -0.3 is 0 Å². The topological polar surface area (TPSA) is 34.1 Å². The molecule has 0 bridgehead atoms. The van der Waals surface area contributed by atoms with Gasteiger partial charge in [-0.3, -0.25) is 9.59 Å². The minimum atomic E-state index is -0.366. The third kappa shape index (κ3) is 3.13. The molecule has 0 amide bonds. The van der Waals surface area contributed by atoms with Crippen LogP contribution < -0.4 is 0 Å². The fourth-order valence-electron chi connectivity index (χ4n) is 0.892. The zero-order chi connectivity index (χ0) is 11.1. The summed E-state index contributed by atoms with van der Waals surface area (Å²) < 4.78 is 0. The van der Waals surface area contributed by atoms with E-state index in [1.54, 1.807) is 0 Å². The van der Waals surface area contributed by atoms with Gasteiger partial charge in [0.15, 0.2) is 11.6 Å². The average molecular weight is 233 g/mol. The number of halogens is 2. The van der Waals surface area contributed by atoms with Crippen molar-refractivity contribution in [2.75, 3.05) is 11.8 Å². The Kier molecular flexibility index (Phi) is 6.17. The number of hydrogen-bond donors (Lipinski definition) is 0. The highest BCUT2D eigenvalue weighted by atomic mass is 35.5. The zero-order valence-corrected chi connectivity index (χ0v) is 9.07. The van der Waals surface area contributed by atoms with Gasteiger partial charge in [-0.25, -0.2) is 0 Å². The smallest absolute Gasteiger partial charge is 0.178 e. The van der Waals surface area contributed by atoms with Gasteiger partial charge in [0.2, 0.25) is 0 Å². The molecule has 0 aromatic heterocycles. The van der Waals surface area contributed by atoms with Gasteiger partial charge in [-0.15, -0.1) is 23.2 Å². The first kappa shape index (κ1) is 13.1. The molecule has 0 aromatic carbocycles. The fraction of sp³-hybridized carbons (Fsp3) is 0.200. The monoisotopic (exact) mass is 232 g/mol. The van der Waals surface area contributed by atoms with Crippen molar-refractivity contribution in [2.45, 2.75) is 0 Å². The summed E-state index contributed by atoms with van der Waals surface area (Å²) in [7, 11) is 0. The van der Waals surface area contributed by atoms with Gasteiger partial charge in [0.05, 0.1) is 11.8 Å². The standard InChI is InChI=1S/C10H10Cl2O2/c1-3-7(9(13)5-11)8(4-2)10(14)6-12/h3-4H,1-2,5-6H2/b8-7-. The van der Waals surface area contributed by atoms with Crippen molar-refractivity contribution >= 4 is 34.8 Å². The molecule has 0 N–H and O–H groups in total. The molecule has 0 rings (SSSR count). The van der Waals surface area contributed by atoms with Crippen molar-refractivity contribution in [1.82, 2.24) is 0 Å². The molecule has 0 atom stereocenters. The van der Waals surface area contributed by atoms with Crippen molar-refractivity contribution in [3.63, 3.8) is 0 Å². The number of allylic oxidation sites excluding steroid dienone is 4. The summed E-state index contributed by atoms with van der Waals surface area (Å²) in [6, 6.07) is 0. The van der Waals surface area contributed by atoms with Gasteiger partial charge in [0, 0.05) is 11.1 Å². The van der Waals surface area contributed by atoms with E-state index in [0.29, 0.717) is 0 Å². The highest BCUT2D eigenvalue weighted by Crippen LogP contribution is 2.11. The summed E-state index contributed by atoms with van der Waals surface area (Å²) in [5.74, 6) is -1.13. The summed E-state index contributed by atoms with van der Waals surface area (Å²) >= 11 is 10.7. The molecule has 2 nitrogen and oxygen atoms in total. The number of rotatable bonds is 6. The third-order valence-corrected chi connectivity index (χ3v) is 2.03. The van der Waals surface area contributed by atoms with Crippen LogP contribution in [0.4, 0.5) is 0 Å². The van der Waals surface area contributed by atoms with E-state index in [-0.39, 0.29) is 34.5 Å². The lowest BCUT2D eigenvalue weighted by atomic mass is 10.0. The first-order valence-corrected chi connectivity index (χ1v) is 4.86. The van der Waals surface area contributed by atoms with Crippen LogP contribution in [-0.2, 0) is 9.59 Å². The largest absolute Gasteiger partial charge is 0.293 e. The van der Waals surface area contributed by atoms with E-state index in [4.69, 9.17) is 23.2 Å². The van der Waals surface area contributed by atoms with E-state index in [1.165, 1.54) is 12.2 Å². The summed E-state index contributed by atoms with van der Waals surface area (Å²) in [6.45, 7) is 6.87. The lowest BCUT2D eigenvalue weighted by Crippen LogP contribution is -2.11. The molecule has 0 aromatic rings. The van der Waals surface area contributed by atoms with Crippen LogP contribution in [0.3, 0.4) is 0 Å². The van der Waals surface area contributed by atoms with Gasteiger partial charge in [-0.05, 0) is 0 Å². The Balaban J connectivity index is 5.32. The molecule has 0 radical (unpaired) electrons. The maximum Gasteiger partial charge on any atom is 0.178 e. The lowest BCUT2D eigenvalue weighted by molar-refractivity contribution is -0.115. The Labute approximate surface area is 92.9 Å². The first-order valence-electron chi connectivity index (χ1n) is 3.79. The van der Waals surface area contributed by atoms with Gasteiger partial charge >= 0.3 is 0 Å². The predicted octanol–water partition coefficient (Wildman–Crippen LogP) is 2.27. The molecule has 0 saturated carbocycles. The Morgan fingerprint density at radius 1 is 0.929 bits per heavy atom. The number of carbonyl (C=O) groups is 2. The van der Waals surface area contributed by atoms with Crippen molar-refractivity contribution in [2.24, 2.45) is 0 Å². The summed E-state index contributed by atoms with van der Waals surface area (Å²) in [6.07, 6.45) is 2.57. The minimum Gasteiger partial charge on any atom is -0.293 e. The molecule has 0 unspecified atom stereocenters. The van der Waals surface area contributed by atoms with E-state index in [1.807, 2.05) is 0 Å². The van der Waals surface area contributed by atoms with Gasteiger partial charge in [-0.2, -0.15) is 0 Å². The Hall–Kier alpha value is -0.860. The second kappa shape index (κ2) is 6.57. The molecule has 0 aliphatic rings. The van der Waals surface area contributed by atoms with Crippen LogP contribution in [0.5, 0.6) is 0 Å². The Morgan fingerprint density at radius 2 is 1.21 bits per heavy atom. The highest BCUT2D eigenvalue weighted by Gasteiger charge is 2.14. The molecule has 0 aliphatic carbocycles. The van der Waals surface area contributed by atoms with Crippen LogP contribution in [0.2, 0.25) is 0 Å². The van der Waals surface area contributed by atoms with Crippen LogP contribution in [0, 0.1) is 0 Å². The summed E-state index contributed by atoms with van der Waals surface area (Å²) in [5, 5.41) is 0. The van der Waals surface area contributed by atoms with Crippen LogP contribution in [0.25, 0.3) is 0 Å². The van der Waals surface area contributed by atoms with E-state index in [0.717, 1.165) is 0 Å². The SMILES string of the molecule is C=C/C(C(=O)CCl)=C(\C=C)C(=O)CCl. The van der Waals surface area contributed by atoms with Crippen molar-refractivity contribution < 1.29 is 9.59 Å². The number of carbonyl (C=O) groups excluding carboxylic acids is 2. The van der Waals surface area contributed by atoms with E-state index in [2.05, 4.69) is 13.2 Å². The third-order valence-electron chi connectivity index (χ3n) is 1.54. The number of hydrogen-bond acceptors (Lipinski definition) is 2. The number of Topliss-reactive ketones (excluding diaryl/α,β-unsaturated/α-hetero) is 2. The van der Waals surface area contributed by atoms with Gasteiger partial charge in [-0.1, -0.05) is 25.3 Å². The molecule has 0 saturated heterocycles. The van der Waals surface area contributed by atoms with Crippen LogP contribution in [-0.4, -0.2) is 23.3 Å². The molecule has 0 spiro atoms. The predicted molar refractivity (Wildman–Crippen MR) is 58.9 cm³/mol. The second-order valence-electron chi connectivity index (χ2n) is 2.35. The second-order valence-corrected chi connectivity index (χ2v) is 2.88. The molecular formula is C10H10Cl2O2. The van der Waals surface area contributed by atoms with Crippen LogP contribution in [0.1, 0.15) is 0 Å². The zero-order valence-electron chi connectivity index (χ0n) is 7.56.